The fourth-order valence-electron chi connectivity index (χ4n) is 5.81. The zero-order valence-electron chi connectivity index (χ0n) is 21.4. The van der Waals surface area contributed by atoms with Gasteiger partial charge in [-0.15, -0.1) is 0 Å². The van der Waals surface area contributed by atoms with Crippen LogP contribution in [-0.2, 0) is 21.2 Å². The second-order valence-corrected chi connectivity index (χ2v) is 12.2. The molecule has 1 fully saturated rings. The first-order valence-corrected chi connectivity index (χ1v) is 13.9. The molecule has 2 heterocycles. The van der Waals surface area contributed by atoms with E-state index in [1.807, 2.05) is 0 Å². The second kappa shape index (κ2) is 9.95. The summed E-state index contributed by atoms with van der Waals surface area (Å²) in [6.07, 6.45) is 0.254. The van der Waals surface area contributed by atoms with E-state index in [0.717, 1.165) is 32.9 Å². The van der Waals surface area contributed by atoms with E-state index in [-0.39, 0.29) is 31.4 Å². The van der Waals surface area contributed by atoms with Gasteiger partial charge in [-0.2, -0.15) is 22.6 Å². The standard InChI is InChI=1S/C26H29F4N5O3S/c1-25-13-16-14-32-35(20-7-5-19(27)6-8-20)21(16)11-17(25)3-4-18(25)15-34(9-10-38-2)39(36,37)22-12-23(31)33-24(22)26(28,29)30/h5-8,11-12,14,18,23H,3-4,9-10,13,15,31H2,1-2H3/t18-,23?,25+/m1/s1. The molecule has 0 radical (unpaired) electrons. The van der Waals surface area contributed by atoms with Gasteiger partial charge < -0.3 is 10.5 Å². The van der Waals surface area contributed by atoms with Gasteiger partial charge in [0.25, 0.3) is 0 Å². The van der Waals surface area contributed by atoms with Gasteiger partial charge in [-0.1, -0.05) is 12.5 Å². The van der Waals surface area contributed by atoms with Gasteiger partial charge in [-0.25, -0.2) is 17.5 Å². The van der Waals surface area contributed by atoms with Gasteiger partial charge in [-0.3, -0.25) is 4.99 Å². The Hall–Kier alpha value is -2.87. The number of rotatable bonds is 8. The van der Waals surface area contributed by atoms with Crippen LogP contribution in [0, 0.1) is 17.2 Å². The molecule has 0 saturated heterocycles. The van der Waals surface area contributed by atoms with E-state index in [4.69, 9.17) is 10.5 Å². The topological polar surface area (TPSA) is 103 Å². The Morgan fingerprint density at radius 3 is 2.64 bits per heavy atom. The van der Waals surface area contributed by atoms with Gasteiger partial charge in [0.2, 0.25) is 10.0 Å². The molecular formula is C26H29F4N5O3S. The Morgan fingerprint density at radius 1 is 1.26 bits per heavy atom. The average molecular weight is 568 g/mol. The third-order valence-electron chi connectivity index (χ3n) is 7.91. The molecule has 0 bridgehead atoms. The van der Waals surface area contributed by atoms with Crippen molar-refractivity contribution in [2.45, 2.75) is 38.5 Å². The highest BCUT2D eigenvalue weighted by atomic mass is 32.2. The van der Waals surface area contributed by atoms with Crippen LogP contribution in [0.1, 0.15) is 31.0 Å². The number of aliphatic imine (C=N–C) groups is 1. The van der Waals surface area contributed by atoms with Gasteiger partial charge >= 0.3 is 6.18 Å². The van der Waals surface area contributed by atoms with Crippen LogP contribution in [0.15, 0.2) is 52.0 Å². The summed E-state index contributed by atoms with van der Waals surface area (Å²) in [5, 5.41) is 4.50. The first-order chi connectivity index (χ1) is 18.3. The number of alkyl halides is 3. The third-order valence-corrected chi connectivity index (χ3v) is 9.81. The summed E-state index contributed by atoms with van der Waals surface area (Å²) in [5.74, 6) is -0.513. The van der Waals surface area contributed by atoms with E-state index >= 15 is 0 Å². The van der Waals surface area contributed by atoms with Crippen LogP contribution in [0.4, 0.5) is 17.6 Å². The molecule has 1 aliphatic heterocycles. The zero-order valence-corrected chi connectivity index (χ0v) is 22.3. The number of ether oxygens (including phenoxy) is 1. The van der Waals surface area contributed by atoms with Crippen molar-refractivity contribution in [3.63, 3.8) is 0 Å². The molecule has 2 aliphatic carbocycles. The fourth-order valence-corrected chi connectivity index (χ4v) is 7.50. The molecule has 2 N–H and O–H groups in total. The number of fused-ring (bicyclic) bond motifs is 2. The monoisotopic (exact) mass is 567 g/mol. The maximum Gasteiger partial charge on any atom is 0.434 e. The van der Waals surface area contributed by atoms with Crippen LogP contribution < -0.4 is 5.73 Å². The maximum absolute atomic E-state index is 13.6. The Kier molecular flexibility index (Phi) is 7.06. The summed E-state index contributed by atoms with van der Waals surface area (Å²) in [4.78, 5) is 2.43. The van der Waals surface area contributed by atoms with Crippen LogP contribution in [-0.4, -0.2) is 67.4 Å². The number of allylic oxidation sites excluding steroid dienone is 2. The van der Waals surface area contributed by atoms with E-state index < -0.39 is 38.4 Å². The largest absolute Gasteiger partial charge is 0.434 e. The van der Waals surface area contributed by atoms with Crippen molar-refractivity contribution in [2.24, 2.45) is 22.1 Å². The number of methoxy groups -OCH3 is 1. The van der Waals surface area contributed by atoms with Crippen molar-refractivity contribution in [3.05, 3.63) is 64.1 Å². The minimum Gasteiger partial charge on any atom is -0.383 e. The SMILES string of the molecule is COCCN(C[C@H]1CCC2=Cc3c(cnn3-c3ccc(F)cc3)C[C@@]21C)S(=O)(=O)C1=CC(N)N=C1C(F)(F)F. The Morgan fingerprint density at radius 2 is 1.97 bits per heavy atom. The lowest BCUT2D eigenvalue weighted by atomic mass is 9.70. The molecule has 1 aromatic carbocycles. The molecule has 13 heteroatoms. The Labute approximate surface area is 223 Å². The second-order valence-electron chi connectivity index (χ2n) is 10.3. The summed E-state index contributed by atoms with van der Waals surface area (Å²) < 4.78 is 89.4. The molecule has 5 rings (SSSR count). The Bertz CT molecular complexity index is 1460. The van der Waals surface area contributed by atoms with E-state index in [1.165, 1.54) is 19.2 Å². The van der Waals surface area contributed by atoms with Crippen molar-refractivity contribution in [2.75, 3.05) is 26.8 Å². The first-order valence-electron chi connectivity index (χ1n) is 12.5. The highest BCUT2D eigenvalue weighted by Crippen LogP contribution is 2.53. The normalized spacial score (nSPS) is 24.9. The quantitative estimate of drug-likeness (QED) is 0.489. The molecule has 8 nitrogen and oxygen atoms in total. The van der Waals surface area contributed by atoms with Gasteiger partial charge in [0, 0.05) is 20.2 Å². The van der Waals surface area contributed by atoms with Crippen LogP contribution in [0.5, 0.6) is 0 Å². The Balaban J connectivity index is 1.44. The summed E-state index contributed by atoms with van der Waals surface area (Å²) in [5.41, 5.74) is 7.34. The predicted molar refractivity (Wildman–Crippen MR) is 138 cm³/mol. The predicted octanol–water partition coefficient (Wildman–Crippen LogP) is 3.83. The molecule has 1 saturated carbocycles. The van der Waals surface area contributed by atoms with Gasteiger partial charge in [0.1, 0.15) is 16.9 Å². The number of halogens is 4. The first kappa shape index (κ1) is 27.7. The lowest BCUT2D eigenvalue weighted by Crippen LogP contribution is -2.44. The highest BCUT2D eigenvalue weighted by molar-refractivity contribution is 7.94. The molecule has 1 aromatic heterocycles. The van der Waals surface area contributed by atoms with E-state index in [0.29, 0.717) is 19.3 Å². The molecule has 2 aromatic rings. The molecule has 3 aliphatic rings. The van der Waals surface area contributed by atoms with Crippen LogP contribution in [0.25, 0.3) is 11.8 Å². The maximum atomic E-state index is 13.6. The number of hydrogen-bond donors (Lipinski definition) is 1. The number of nitrogens with two attached hydrogens (primary N) is 1. The van der Waals surface area contributed by atoms with Crippen LogP contribution >= 0.6 is 0 Å². The lowest BCUT2D eigenvalue weighted by Gasteiger charge is -2.38. The molecule has 210 valence electrons. The number of benzene rings is 1. The van der Waals surface area contributed by atoms with Crippen molar-refractivity contribution in [3.8, 4) is 5.69 Å². The number of hydrogen-bond acceptors (Lipinski definition) is 6. The molecule has 39 heavy (non-hydrogen) atoms. The van der Waals surface area contributed by atoms with Crippen molar-refractivity contribution in [1.29, 1.82) is 0 Å². The fraction of sp³-hybridized carbons (Fsp3) is 0.462. The van der Waals surface area contributed by atoms with Gasteiger partial charge in [0.15, 0.2) is 5.71 Å². The lowest BCUT2D eigenvalue weighted by molar-refractivity contribution is -0.0579. The third kappa shape index (κ3) is 4.96. The van der Waals surface area contributed by atoms with E-state index in [1.54, 1.807) is 23.0 Å². The van der Waals surface area contributed by atoms with E-state index in [9.17, 15) is 26.0 Å². The number of nitrogens with zero attached hydrogens (tertiary/aromatic N) is 4. The summed E-state index contributed by atoms with van der Waals surface area (Å²) in [7, 11) is -3.17. The summed E-state index contributed by atoms with van der Waals surface area (Å²) in [6, 6.07) is 6.03. The number of sulfonamides is 1. The van der Waals surface area contributed by atoms with E-state index in [2.05, 4.69) is 23.1 Å². The summed E-state index contributed by atoms with van der Waals surface area (Å²) >= 11 is 0. The van der Waals surface area contributed by atoms with Gasteiger partial charge in [0.05, 0.1) is 24.2 Å². The molecule has 0 amide bonds. The van der Waals surface area contributed by atoms with Crippen LogP contribution in [0.2, 0.25) is 0 Å². The minimum atomic E-state index is -4.96. The smallest absolute Gasteiger partial charge is 0.383 e. The van der Waals surface area contributed by atoms with Crippen molar-refractivity contribution >= 4 is 21.8 Å². The summed E-state index contributed by atoms with van der Waals surface area (Å²) in [6.45, 7) is 1.97. The molecular weight excluding hydrogens is 538 g/mol. The highest BCUT2D eigenvalue weighted by Gasteiger charge is 2.50. The van der Waals surface area contributed by atoms with Crippen LogP contribution in [0.3, 0.4) is 0 Å². The minimum absolute atomic E-state index is 0.0117. The average Bonchev–Trinajstić information content (AvgIpc) is 3.55. The number of aromatic nitrogens is 2. The molecule has 1 unspecified atom stereocenters. The van der Waals surface area contributed by atoms with Crippen molar-refractivity contribution < 1.29 is 30.7 Å². The zero-order chi connectivity index (χ0) is 28.2. The van der Waals surface area contributed by atoms with Gasteiger partial charge in [-0.05, 0) is 72.6 Å². The molecule has 3 atom stereocenters. The molecule has 0 spiro atoms. The van der Waals surface area contributed by atoms with Crippen molar-refractivity contribution in [1.82, 2.24) is 14.1 Å².